The molecule has 0 spiro atoms. The van der Waals surface area contributed by atoms with Crippen molar-refractivity contribution in [2.24, 2.45) is 16.8 Å². The van der Waals surface area contributed by atoms with Crippen LogP contribution in [0, 0.1) is 5.92 Å². The molecule has 1 saturated heterocycles. The van der Waals surface area contributed by atoms with E-state index >= 15 is 0 Å². The topological polar surface area (TPSA) is 82.1 Å². The van der Waals surface area contributed by atoms with Crippen molar-refractivity contribution in [1.82, 2.24) is 4.90 Å². The van der Waals surface area contributed by atoms with Crippen LogP contribution in [0.25, 0.3) is 0 Å². The molecule has 1 aliphatic heterocycles. The van der Waals surface area contributed by atoms with Gasteiger partial charge in [0.05, 0.1) is 6.54 Å². The second-order valence-corrected chi connectivity index (χ2v) is 3.16. The Hall–Kier alpha value is -0.810. The largest absolute Gasteiger partial charge is 0.409 e. The van der Waals surface area contributed by atoms with Crippen molar-refractivity contribution in [3.63, 3.8) is 0 Å². The molecule has 0 aromatic carbocycles. The molecule has 0 aromatic heterocycles. The van der Waals surface area contributed by atoms with Gasteiger partial charge in [-0.05, 0) is 18.9 Å². The molecule has 0 bridgehead atoms. The summed E-state index contributed by atoms with van der Waals surface area (Å²) in [6.07, 6.45) is 0.995. The highest BCUT2D eigenvalue weighted by Gasteiger charge is 2.21. The molecule has 1 unspecified atom stereocenters. The Labute approximate surface area is 71.5 Å². The molecule has 0 amide bonds. The zero-order valence-corrected chi connectivity index (χ0v) is 6.98. The second-order valence-electron chi connectivity index (χ2n) is 3.16. The zero-order valence-electron chi connectivity index (χ0n) is 6.98. The number of oxime groups is 1. The summed E-state index contributed by atoms with van der Waals surface area (Å²) in [6, 6.07) is 0. The van der Waals surface area contributed by atoms with Gasteiger partial charge in [-0.25, -0.2) is 0 Å². The Balaban J connectivity index is 2.28. The van der Waals surface area contributed by atoms with Gasteiger partial charge in [0.2, 0.25) is 0 Å². The molecule has 5 nitrogen and oxygen atoms in total. The van der Waals surface area contributed by atoms with Crippen LogP contribution in [0.5, 0.6) is 0 Å². The van der Waals surface area contributed by atoms with Crippen LogP contribution in [0.4, 0.5) is 0 Å². The fraction of sp³-hybridized carbons (Fsp3) is 0.857. The fourth-order valence-electron chi connectivity index (χ4n) is 1.47. The highest BCUT2D eigenvalue weighted by molar-refractivity contribution is 5.81. The molecular formula is C7H15N3O2. The molecule has 0 aromatic rings. The number of aliphatic hydroxyl groups excluding tert-OH is 1. The molecule has 1 heterocycles. The first-order valence-corrected chi connectivity index (χ1v) is 4.06. The number of nitrogens with zero attached hydrogens (tertiary/aromatic N) is 2. The van der Waals surface area contributed by atoms with Crippen LogP contribution in [0.1, 0.15) is 6.42 Å². The Morgan fingerprint density at radius 1 is 1.67 bits per heavy atom. The SMILES string of the molecule is N/C(CN1CCC(CO)C1)=N\O. The van der Waals surface area contributed by atoms with E-state index in [4.69, 9.17) is 16.0 Å². The maximum Gasteiger partial charge on any atom is 0.153 e. The normalized spacial score (nSPS) is 26.4. The van der Waals surface area contributed by atoms with E-state index in [1.54, 1.807) is 0 Å². The van der Waals surface area contributed by atoms with Crippen LogP contribution in [0.3, 0.4) is 0 Å². The molecule has 4 N–H and O–H groups in total. The number of likely N-dealkylation sites (tertiary alicyclic amines) is 1. The van der Waals surface area contributed by atoms with Gasteiger partial charge in [0, 0.05) is 13.2 Å². The molecule has 1 atom stereocenters. The van der Waals surface area contributed by atoms with Crippen LogP contribution < -0.4 is 5.73 Å². The van der Waals surface area contributed by atoms with Gasteiger partial charge in [0.15, 0.2) is 5.84 Å². The zero-order chi connectivity index (χ0) is 8.97. The van der Waals surface area contributed by atoms with Gasteiger partial charge >= 0.3 is 0 Å². The van der Waals surface area contributed by atoms with Crippen LogP contribution in [-0.4, -0.2) is 47.3 Å². The predicted molar refractivity (Wildman–Crippen MR) is 45.0 cm³/mol. The Morgan fingerprint density at radius 3 is 2.92 bits per heavy atom. The van der Waals surface area contributed by atoms with E-state index in [1.807, 2.05) is 0 Å². The highest BCUT2D eigenvalue weighted by Crippen LogP contribution is 2.14. The Bertz CT molecular complexity index is 172. The van der Waals surface area contributed by atoms with Crippen molar-refractivity contribution in [2.75, 3.05) is 26.2 Å². The third-order valence-corrected chi connectivity index (χ3v) is 2.14. The molecule has 5 heteroatoms. The van der Waals surface area contributed by atoms with Crippen LogP contribution in [-0.2, 0) is 0 Å². The maximum absolute atomic E-state index is 8.84. The first-order chi connectivity index (χ1) is 5.76. The number of rotatable bonds is 3. The summed E-state index contributed by atoms with van der Waals surface area (Å²) in [5, 5.41) is 20.0. The average molecular weight is 173 g/mol. The van der Waals surface area contributed by atoms with Gasteiger partial charge in [0.1, 0.15) is 0 Å². The molecule has 12 heavy (non-hydrogen) atoms. The molecule has 1 aliphatic rings. The minimum atomic E-state index is 0.229. The lowest BCUT2D eigenvalue weighted by atomic mass is 10.1. The number of hydrogen-bond acceptors (Lipinski definition) is 4. The lowest BCUT2D eigenvalue weighted by molar-refractivity contribution is 0.225. The minimum Gasteiger partial charge on any atom is -0.409 e. The molecular weight excluding hydrogens is 158 g/mol. The standard InChI is InChI=1S/C7H15N3O2/c8-7(9-12)4-10-2-1-6(3-10)5-11/h6,11-12H,1-5H2,(H2,8,9). The van der Waals surface area contributed by atoms with Crippen molar-refractivity contribution in [1.29, 1.82) is 0 Å². The van der Waals surface area contributed by atoms with E-state index in [0.717, 1.165) is 19.5 Å². The van der Waals surface area contributed by atoms with Crippen LogP contribution >= 0.6 is 0 Å². The lowest BCUT2D eigenvalue weighted by Gasteiger charge is -2.13. The Morgan fingerprint density at radius 2 is 2.42 bits per heavy atom. The van der Waals surface area contributed by atoms with E-state index in [1.165, 1.54) is 0 Å². The van der Waals surface area contributed by atoms with Gasteiger partial charge in [-0.2, -0.15) is 0 Å². The van der Waals surface area contributed by atoms with Crippen molar-refractivity contribution in [3.8, 4) is 0 Å². The van der Waals surface area contributed by atoms with Gasteiger partial charge in [0.25, 0.3) is 0 Å². The summed E-state index contributed by atoms with van der Waals surface area (Å²) in [5.41, 5.74) is 5.34. The van der Waals surface area contributed by atoms with Gasteiger partial charge < -0.3 is 16.0 Å². The molecule has 0 aliphatic carbocycles. The second kappa shape index (κ2) is 4.27. The number of amidine groups is 1. The van der Waals surface area contributed by atoms with Crippen molar-refractivity contribution in [2.45, 2.75) is 6.42 Å². The first-order valence-electron chi connectivity index (χ1n) is 4.06. The fourth-order valence-corrected chi connectivity index (χ4v) is 1.47. The summed E-state index contributed by atoms with van der Waals surface area (Å²) in [5.74, 6) is 0.588. The van der Waals surface area contributed by atoms with Crippen molar-refractivity contribution in [3.05, 3.63) is 0 Å². The minimum absolute atomic E-state index is 0.229. The molecule has 1 fully saturated rings. The van der Waals surface area contributed by atoms with Gasteiger partial charge in [-0.1, -0.05) is 5.16 Å². The summed E-state index contributed by atoms with van der Waals surface area (Å²) < 4.78 is 0. The third-order valence-electron chi connectivity index (χ3n) is 2.14. The molecule has 0 saturated carbocycles. The number of aliphatic hydroxyl groups is 1. The van der Waals surface area contributed by atoms with E-state index in [9.17, 15) is 0 Å². The average Bonchev–Trinajstić information content (AvgIpc) is 2.52. The van der Waals surface area contributed by atoms with E-state index in [0.29, 0.717) is 12.5 Å². The van der Waals surface area contributed by atoms with E-state index in [2.05, 4.69) is 10.1 Å². The highest BCUT2D eigenvalue weighted by atomic mass is 16.4. The number of hydrogen-bond donors (Lipinski definition) is 3. The van der Waals surface area contributed by atoms with Crippen LogP contribution in [0.2, 0.25) is 0 Å². The summed E-state index contributed by atoms with van der Waals surface area (Å²) in [4.78, 5) is 2.07. The Kier molecular flexibility index (Phi) is 3.31. The molecule has 1 rings (SSSR count). The van der Waals surface area contributed by atoms with Crippen molar-refractivity contribution >= 4 is 5.84 Å². The van der Waals surface area contributed by atoms with Gasteiger partial charge in [-0.15, -0.1) is 0 Å². The van der Waals surface area contributed by atoms with Gasteiger partial charge in [-0.3, -0.25) is 4.90 Å². The quantitative estimate of drug-likeness (QED) is 0.222. The first kappa shape index (κ1) is 9.28. The third kappa shape index (κ3) is 2.35. The van der Waals surface area contributed by atoms with E-state index < -0.39 is 0 Å². The smallest absolute Gasteiger partial charge is 0.153 e. The molecule has 70 valence electrons. The summed E-state index contributed by atoms with van der Waals surface area (Å²) in [7, 11) is 0. The molecule has 0 radical (unpaired) electrons. The summed E-state index contributed by atoms with van der Waals surface area (Å²) >= 11 is 0. The number of nitrogens with two attached hydrogens (primary N) is 1. The van der Waals surface area contributed by atoms with Crippen LogP contribution in [0.15, 0.2) is 5.16 Å². The lowest BCUT2D eigenvalue weighted by Crippen LogP contribution is -2.32. The van der Waals surface area contributed by atoms with Crippen molar-refractivity contribution < 1.29 is 10.3 Å². The van der Waals surface area contributed by atoms with E-state index in [-0.39, 0.29) is 12.4 Å². The monoisotopic (exact) mass is 173 g/mol. The maximum atomic E-state index is 8.84. The predicted octanol–water partition coefficient (Wildman–Crippen LogP) is -0.953. The summed E-state index contributed by atoms with van der Waals surface area (Å²) in [6.45, 7) is 2.48.